The topological polar surface area (TPSA) is 104 Å². The van der Waals surface area contributed by atoms with E-state index in [9.17, 15) is 18.0 Å². The number of amides is 1. The van der Waals surface area contributed by atoms with E-state index in [1.54, 1.807) is 6.20 Å². The number of H-pyrrole nitrogens is 1. The number of nitrogens with zero attached hydrogens (tertiary/aromatic N) is 6. The second kappa shape index (κ2) is 9.82. The summed E-state index contributed by atoms with van der Waals surface area (Å²) in [6.07, 6.45) is -1.38. The molecule has 0 radical (unpaired) electrons. The Morgan fingerprint density at radius 1 is 1.08 bits per heavy atom. The number of rotatable bonds is 7. The molecule has 4 aromatic rings. The standard InChI is InChI=1S/C26H26F3N7O2/c27-26(28,29)14-23(37)36-9-7-35(8-10-36)15-16-5-6-30-19(11-16)13-22-31-20-4-3-18(12-21(20)32-22)25-33-24(34-38-25)17-1-2-17/h3-6,11-12,17H,1-2,7-10,13-15H2,(H,31,32). The molecule has 1 aromatic carbocycles. The number of fused-ring (bicyclic) bond motifs is 1. The molecule has 198 valence electrons. The highest BCUT2D eigenvalue weighted by atomic mass is 19.4. The molecule has 0 atom stereocenters. The average Bonchev–Trinajstić information content (AvgIpc) is 3.46. The number of benzene rings is 1. The van der Waals surface area contributed by atoms with E-state index in [-0.39, 0.29) is 0 Å². The zero-order valence-electron chi connectivity index (χ0n) is 20.5. The van der Waals surface area contributed by atoms with E-state index in [0.29, 0.717) is 51.0 Å². The zero-order chi connectivity index (χ0) is 26.3. The van der Waals surface area contributed by atoms with Crippen molar-refractivity contribution in [3.8, 4) is 11.5 Å². The second-order valence-corrected chi connectivity index (χ2v) is 9.93. The molecule has 2 fully saturated rings. The first-order valence-corrected chi connectivity index (χ1v) is 12.6. The molecular weight excluding hydrogens is 499 g/mol. The number of alkyl halides is 3. The van der Waals surface area contributed by atoms with E-state index in [2.05, 4.69) is 25.0 Å². The number of piperazine rings is 1. The molecule has 0 spiro atoms. The van der Waals surface area contributed by atoms with Crippen molar-refractivity contribution in [3.63, 3.8) is 0 Å². The summed E-state index contributed by atoms with van der Waals surface area (Å²) in [5.74, 6) is 1.62. The number of nitrogens with one attached hydrogen (secondary N) is 1. The normalized spacial score (nSPS) is 16.9. The van der Waals surface area contributed by atoms with Crippen LogP contribution >= 0.6 is 0 Å². The van der Waals surface area contributed by atoms with E-state index < -0.39 is 18.5 Å². The van der Waals surface area contributed by atoms with Crippen molar-refractivity contribution in [2.24, 2.45) is 0 Å². The van der Waals surface area contributed by atoms with Crippen LogP contribution in [0.4, 0.5) is 13.2 Å². The molecule has 4 heterocycles. The average molecular weight is 526 g/mol. The van der Waals surface area contributed by atoms with Crippen molar-refractivity contribution in [1.29, 1.82) is 0 Å². The highest BCUT2D eigenvalue weighted by Gasteiger charge is 2.34. The molecular formula is C26H26F3N7O2. The maximum absolute atomic E-state index is 12.5. The smallest absolute Gasteiger partial charge is 0.342 e. The quantitative estimate of drug-likeness (QED) is 0.388. The molecule has 3 aromatic heterocycles. The predicted molar refractivity (Wildman–Crippen MR) is 131 cm³/mol. The fourth-order valence-electron chi connectivity index (χ4n) is 4.73. The molecule has 1 aliphatic carbocycles. The van der Waals surface area contributed by atoms with Crippen molar-refractivity contribution in [3.05, 3.63) is 59.4 Å². The van der Waals surface area contributed by atoms with Gasteiger partial charge in [-0.15, -0.1) is 0 Å². The van der Waals surface area contributed by atoms with Crippen molar-refractivity contribution >= 4 is 16.9 Å². The molecule has 1 saturated heterocycles. The first-order valence-electron chi connectivity index (χ1n) is 12.6. The van der Waals surface area contributed by atoms with Gasteiger partial charge in [0.05, 0.1) is 11.0 Å². The first-order chi connectivity index (χ1) is 18.3. The Hall–Kier alpha value is -3.80. The molecule has 0 bridgehead atoms. The summed E-state index contributed by atoms with van der Waals surface area (Å²) in [7, 11) is 0. The summed E-state index contributed by atoms with van der Waals surface area (Å²) >= 11 is 0. The summed E-state index contributed by atoms with van der Waals surface area (Å²) in [6.45, 7) is 2.26. The van der Waals surface area contributed by atoms with E-state index in [1.807, 2.05) is 30.3 Å². The fraction of sp³-hybridized carbons (Fsp3) is 0.423. The molecule has 1 N–H and O–H groups in total. The van der Waals surface area contributed by atoms with E-state index in [4.69, 9.17) is 9.51 Å². The highest BCUT2D eigenvalue weighted by molar-refractivity contribution is 5.80. The van der Waals surface area contributed by atoms with Gasteiger partial charge in [0.15, 0.2) is 5.82 Å². The number of aromatic nitrogens is 5. The lowest BCUT2D eigenvalue weighted by molar-refractivity contribution is -0.162. The van der Waals surface area contributed by atoms with Crippen LogP contribution in [0.5, 0.6) is 0 Å². The number of aromatic amines is 1. The van der Waals surface area contributed by atoms with Crippen LogP contribution in [0.3, 0.4) is 0 Å². The van der Waals surface area contributed by atoms with Gasteiger partial charge in [-0.1, -0.05) is 5.16 Å². The van der Waals surface area contributed by atoms with Crippen LogP contribution < -0.4 is 0 Å². The number of carbonyl (C=O) groups is 1. The molecule has 9 nitrogen and oxygen atoms in total. The van der Waals surface area contributed by atoms with Crippen LogP contribution in [0, 0.1) is 0 Å². The molecule has 38 heavy (non-hydrogen) atoms. The Morgan fingerprint density at radius 2 is 1.89 bits per heavy atom. The van der Waals surface area contributed by atoms with Gasteiger partial charge in [0.25, 0.3) is 5.89 Å². The molecule has 1 amide bonds. The van der Waals surface area contributed by atoms with Gasteiger partial charge < -0.3 is 14.4 Å². The third kappa shape index (κ3) is 5.69. The highest BCUT2D eigenvalue weighted by Crippen LogP contribution is 2.39. The third-order valence-electron chi connectivity index (χ3n) is 6.87. The first kappa shape index (κ1) is 24.5. The van der Waals surface area contributed by atoms with Gasteiger partial charge in [-0.05, 0) is 48.7 Å². The molecule has 1 aliphatic heterocycles. The van der Waals surface area contributed by atoms with Crippen molar-refractivity contribution in [1.82, 2.24) is 34.9 Å². The number of hydrogen-bond donors (Lipinski definition) is 1. The maximum Gasteiger partial charge on any atom is 0.397 e. The summed E-state index contributed by atoms with van der Waals surface area (Å²) in [6, 6.07) is 9.74. The van der Waals surface area contributed by atoms with Crippen LogP contribution in [0.15, 0.2) is 41.1 Å². The number of hydrogen-bond acceptors (Lipinski definition) is 7. The van der Waals surface area contributed by atoms with Gasteiger partial charge in [0, 0.05) is 62.5 Å². The Balaban J connectivity index is 1.07. The lowest BCUT2D eigenvalue weighted by Crippen LogP contribution is -2.49. The van der Waals surface area contributed by atoms with Crippen molar-refractivity contribution in [2.75, 3.05) is 26.2 Å². The SMILES string of the molecule is O=C(CC(F)(F)F)N1CCN(Cc2ccnc(Cc3nc4ccc(-c5nc(C6CC6)no5)cc4[nH]3)c2)CC1. The van der Waals surface area contributed by atoms with Crippen molar-refractivity contribution in [2.45, 2.75) is 44.3 Å². The van der Waals surface area contributed by atoms with E-state index >= 15 is 0 Å². The summed E-state index contributed by atoms with van der Waals surface area (Å²) in [4.78, 5) is 32.3. The zero-order valence-corrected chi connectivity index (χ0v) is 20.5. The Kier molecular flexibility index (Phi) is 6.34. The minimum absolute atomic E-state index is 0.291. The summed E-state index contributed by atoms with van der Waals surface area (Å²) < 4.78 is 43.0. The number of pyridine rings is 1. The van der Waals surface area contributed by atoms with Crippen LogP contribution in [-0.4, -0.2) is 73.2 Å². The second-order valence-electron chi connectivity index (χ2n) is 9.93. The monoisotopic (exact) mass is 525 g/mol. The van der Waals surface area contributed by atoms with Gasteiger partial charge in [0.2, 0.25) is 5.91 Å². The maximum atomic E-state index is 12.5. The minimum atomic E-state index is -4.47. The van der Waals surface area contributed by atoms with Gasteiger partial charge in [0.1, 0.15) is 12.2 Å². The fourth-order valence-corrected chi connectivity index (χ4v) is 4.73. The number of halogens is 3. The van der Waals surface area contributed by atoms with E-state index in [0.717, 1.165) is 52.3 Å². The van der Waals surface area contributed by atoms with Crippen LogP contribution in [0.25, 0.3) is 22.5 Å². The predicted octanol–water partition coefficient (Wildman–Crippen LogP) is 4.07. The van der Waals surface area contributed by atoms with Crippen LogP contribution in [-0.2, 0) is 17.8 Å². The Morgan fingerprint density at radius 3 is 2.66 bits per heavy atom. The molecule has 12 heteroatoms. The van der Waals surface area contributed by atoms with Crippen molar-refractivity contribution < 1.29 is 22.5 Å². The lowest BCUT2D eigenvalue weighted by atomic mass is 10.1. The van der Waals surface area contributed by atoms with Gasteiger partial charge in [-0.3, -0.25) is 14.7 Å². The third-order valence-corrected chi connectivity index (χ3v) is 6.87. The molecule has 1 saturated carbocycles. The van der Waals surface area contributed by atoms with Gasteiger partial charge >= 0.3 is 6.18 Å². The minimum Gasteiger partial charge on any atom is -0.342 e. The summed E-state index contributed by atoms with van der Waals surface area (Å²) in [5, 5.41) is 4.09. The Labute approximate surface area is 216 Å². The van der Waals surface area contributed by atoms with Crippen LogP contribution in [0.2, 0.25) is 0 Å². The Bertz CT molecular complexity index is 1450. The van der Waals surface area contributed by atoms with Gasteiger partial charge in [-0.25, -0.2) is 4.98 Å². The molecule has 0 unspecified atom stereocenters. The number of carbonyl (C=O) groups excluding carboxylic acids is 1. The van der Waals surface area contributed by atoms with Crippen LogP contribution in [0.1, 0.15) is 48.1 Å². The molecule has 6 rings (SSSR count). The lowest BCUT2D eigenvalue weighted by Gasteiger charge is -2.35. The van der Waals surface area contributed by atoms with Gasteiger partial charge in [-0.2, -0.15) is 18.2 Å². The van der Waals surface area contributed by atoms with E-state index in [1.165, 1.54) is 4.90 Å². The largest absolute Gasteiger partial charge is 0.397 e. The number of imidazole rings is 1. The molecule has 2 aliphatic rings. The summed E-state index contributed by atoms with van der Waals surface area (Å²) in [5.41, 5.74) is 4.45.